The minimum absolute atomic E-state index is 0.0763. The number of anilines is 1. The summed E-state index contributed by atoms with van der Waals surface area (Å²) in [6.45, 7) is 1.24. The van der Waals surface area contributed by atoms with Crippen molar-refractivity contribution in [3.05, 3.63) is 59.9 Å². The molecule has 0 bridgehead atoms. The molecule has 2 aromatic carbocycles. The number of rotatable bonds is 3. The molecule has 4 nitrogen and oxygen atoms in total. The van der Waals surface area contributed by atoms with Gasteiger partial charge in [0.1, 0.15) is 17.7 Å². The zero-order chi connectivity index (χ0) is 19.1. The van der Waals surface area contributed by atoms with Gasteiger partial charge < -0.3 is 9.88 Å². The number of benzene rings is 2. The van der Waals surface area contributed by atoms with Crippen LogP contribution in [0.2, 0.25) is 0 Å². The van der Waals surface area contributed by atoms with Crippen LogP contribution in [0, 0.1) is 11.6 Å². The molecule has 1 amide bonds. The maximum atomic E-state index is 13.7. The van der Waals surface area contributed by atoms with Crippen molar-refractivity contribution < 1.29 is 26.7 Å². The van der Waals surface area contributed by atoms with Crippen LogP contribution in [-0.4, -0.2) is 15.5 Å². The molecule has 0 aliphatic rings. The number of para-hydroxylation sites is 2. The minimum atomic E-state index is -4.78. The number of fused-ring (bicyclic) bond motifs is 1. The van der Waals surface area contributed by atoms with Crippen LogP contribution in [0.5, 0.6) is 0 Å². The number of halogens is 5. The van der Waals surface area contributed by atoms with E-state index in [1.807, 2.05) is 0 Å². The number of carbonyl (C=O) groups excluding carboxylic acids is 1. The highest BCUT2D eigenvalue weighted by molar-refractivity contribution is 5.94. The number of hydrogen-bond donors (Lipinski definition) is 1. The van der Waals surface area contributed by atoms with Crippen LogP contribution in [-0.2, 0) is 11.0 Å². The third-order valence-corrected chi connectivity index (χ3v) is 3.81. The van der Waals surface area contributed by atoms with E-state index in [2.05, 4.69) is 10.3 Å². The lowest BCUT2D eigenvalue weighted by atomic mass is 10.2. The third-order valence-electron chi connectivity index (χ3n) is 3.81. The SMILES string of the molecule is C[C@@H](C(=O)Nc1ccc(F)cc1F)n1c(C(F)(F)F)nc2ccccc21. The molecule has 1 N–H and O–H groups in total. The second-order valence-electron chi connectivity index (χ2n) is 5.58. The number of aromatic nitrogens is 2. The normalized spacial score (nSPS) is 13.0. The van der Waals surface area contributed by atoms with Gasteiger partial charge in [0.25, 0.3) is 0 Å². The molecule has 0 spiro atoms. The summed E-state index contributed by atoms with van der Waals surface area (Å²) >= 11 is 0. The summed E-state index contributed by atoms with van der Waals surface area (Å²) < 4.78 is 67.3. The fraction of sp³-hybridized carbons (Fsp3) is 0.176. The summed E-state index contributed by atoms with van der Waals surface area (Å²) in [4.78, 5) is 15.9. The largest absolute Gasteiger partial charge is 0.449 e. The number of hydrogen-bond acceptors (Lipinski definition) is 2. The van der Waals surface area contributed by atoms with Crippen LogP contribution in [0.3, 0.4) is 0 Å². The lowest BCUT2D eigenvalue weighted by Crippen LogP contribution is -2.27. The molecule has 1 heterocycles. The maximum absolute atomic E-state index is 13.7. The summed E-state index contributed by atoms with van der Waals surface area (Å²) in [5.41, 5.74) is -0.143. The fourth-order valence-corrected chi connectivity index (χ4v) is 2.58. The van der Waals surface area contributed by atoms with Gasteiger partial charge in [-0.3, -0.25) is 4.79 Å². The molecule has 0 fully saturated rings. The van der Waals surface area contributed by atoms with E-state index in [1.54, 1.807) is 0 Å². The molecule has 136 valence electrons. The Morgan fingerprint density at radius 3 is 2.50 bits per heavy atom. The second-order valence-corrected chi connectivity index (χ2v) is 5.58. The van der Waals surface area contributed by atoms with E-state index < -0.39 is 35.6 Å². The van der Waals surface area contributed by atoms with Crippen molar-refractivity contribution in [3.63, 3.8) is 0 Å². The average molecular weight is 369 g/mol. The standard InChI is InChI=1S/C17H12F5N3O/c1-9(15(26)23-12-7-6-10(18)8-11(12)19)25-14-5-3-2-4-13(14)24-16(25)17(20,21)22/h2-9H,1H3,(H,23,26)/t9-/m0/s1. The molecule has 0 aliphatic heterocycles. The van der Waals surface area contributed by atoms with Crippen LogP contribution >= 0.6 is 0 Å². The van der Waals surface area contributed by atoms with Gasteiger partial charge in [-0.05, 0) is 31.2 Å². The average Bonchev–Trinajstić information content (AvgIpc) is 2.96. The van der Waals surface area contributed by atoms with Gasteiger partial charge in [-0.2, -0.15) is 13.2 Å². The zero-order valence-electron chi connectivity index (χ0n) is 13.3. The summed E-state index contributed by atoms with van der Waals surface area (Å²) in [6.07, 6.45) is -4.78. The molecule has 0 radical (unpaired) electrons. The van der Waals surface area contributed by atoms with E-state index >= 15 is 0 Å². The number of nitrogens with one attached hydrogen (secondary N) is 1. The molecule has 3 aromatic rings. The smallest absolute Gasteiger partial charge is 0.322 e. The predicted molar refractivity (Wildman–Crippen MR) is 84.4 cm³/mol. The van der Waals surface area contributed by atoms with Crippen molar-refractivity contribution in [2.45, 2.75) is 19.1 Å². The highest BCUT2D eigenvalue weighted by atomic mass is 19.4. The second kappa shape index (κ2) is 6.40. The number of amides is 1. The predicted octanol–water partition coefficient (Wildman–Crippen LogP) is 4.53. The van der Waals surface area contributed by atoms with Crippen molar-refractivity contribution in [2.24, 2.45) is 0 Å². The van der Waals surface area contributed by atoms with Crippen LogP contribution < -0.4 is 5.32 Å². The number of carbonyl (C=O) groups is 1. The molecule has 0 aliphatic carbocycles. The van der Waals surface area contributed by atoms with Gasteiger partial charge in [0.05, 0.1) is 16.7 Å². The van der Waals surface area contributed by atoms with E-state index in [4.69, 9.17) is 0 Å². The summed E-state index contributed by atoms with van der Waals surface area (Å²) in [5.74, 6) is -4.00. The maximum Gasteiger partial charge on any atom is 0.449 e. The summed E-state index contributed by atoms with van der Waals surface area (Å²) in [5, 5.41) is 2.17. The van der Waals surface area contributed by atoms with Gasteiger partial charge in [0.15, 0.2) is 0 Å². The van der Waals surface area contributed by atoms with E-state index in [0.717, 1.165) is 16.7 Å². The molecular formula is C17H12F5N3O. The van der Waals surface area contributed by atoms with Crippen LogP contribution in [0.25, 0.3) is 11.0 Å². The Balaban J connectivity index is 2.01. The van der Waals surface area contributed by atoms with Crippen molar-refractivity contribution in [1.29, 1.82) is 0 Å². The topological polar surface area (TPSA) is 46.9 Å². The Hall–Kier alpha value is -2.97. The van der Waals surface area contributed by atoms with Gasteiger partial charge in [0, 0.05) is 6.07 Å². The zero-order valence-corrected chi connectivity index (χ0v) is 13.3. The summed E-state index contributed by atoms with van der Waals surface area (Å²) in [7, 11) is 0. The molecule has 3 rings (SSSR count). The van der Waals surface area contributed by atoms with Crippen molar-refractivity contribution in [3.8, 4) is 0 Å². The Bertz CT molecular complexity index is 980. The number of imidazole rings is 1. The molecule has 0 saturated heterocycles. The van der Waals surface area contributed by atoms with Crippen molar-refractivity contribution >= 4 is 22.6 Å². The fourth-order valence-electron chi connectivity index (χ4n) is 2.58. The Morgan fingerprint density at radius 1 is 1.15 bits per heavy atom. The molecule has 0 unspecified atom stereocenters. The lowest BCUT2D eigenvalue weighted by Gasteiger charge is -2.18. The molecular weight excluding hydrogens is 357 g/mol. The van der Waals surface area contributed by atoms with E-state index in [0.29, 0.717) is 6.07 Å². The first-order valence-electron chi connectivity index (χ1n) is 7.48. The van der Waals surface area contributed by atoms with Gasteiger partial charge in [0.2, 0.25) is 11.7 Å². The van der Waals surface area contributed by atoms with Crippen LogP contribution in [0.4, 0.5) is 27.6 Å². The lowest BCUT2D eigenvalue weighted by molar-refractivity contribution is -0.148. The van der Waals surface area contributed by atoms with E-state index in [-0.39, 0.29) is 16.7 Å². The highest BCUT2D eigenvalue weighted by Crippen LogP contribution is 2.34. The van der Waals surface area contributed by atoms with Crippen LogP contribution in [0.1, 0.15) is 18.8 Å². The first-order chi connectivity index (χ1) is 12.2. The first kappa shape index (κ1) is 17.8. The van der Waals surface area contributed by atoms with Crippen LogP contribution in [0.15, 0.2) is 42.5 Å². The monoisotopic (exact) mass is 369 g/mol. The first-order valence-corrected chi connectivity index (χ1v) is 7.48. The van der Waals surface area contributed by atoms with E-state index in [9.17, 15) is 26.7 Å². The Labute approximate surface area is 144 Å². The Morgan fingerprint density at radius 2 is 1.85 bits per heavy atom. The quantitative estimate of drug-likeness (QED) is 0.690. The van der Waals surface area contributed by atoms with Gasteiger partial charge in [-0.1, -0.05) is 12.1 Å². The Kier molecular flexibility index (Phi) is 4.39. The van der Waals surface area contributed by atoms with Gasteiger partial charge in [-0.25, -0.2) is 13.8 Å². The van der Waals surface area contributed by atoms with E-state index in [1.165, 1.54) is 31.2 Å². The van der Waals surface area contributed by atoms with Gasteiger partial charge in [-0.15, -0.1) is 0 Å². The third kappa shape index (κ3) is 3.24. The number of nitrogens with zero attached hydrogens (tertiary/aromatic N) is 2. The van der Waals surface area contributed by atoms with Gasteiger partial charge >= 0.3 is 6.18 Å². The minimum Gasteiger partial charge on any atom is -0.322 e. The number of alkyl halides is 3. The molecule has 9 heteroatoms. The molecule has 1 atom stereocenters. The molecule has 26 heavy (non-hydrogen) atoms. The van der Waals surface area contributed by atoms with Crippen molar-refractivity contribution in [1.82, 2.24) is 9.55 Å². The molecule has 1 aromatic heterocycles. The highest BCUT2D eigenvalue weighted by Gasteiger charge is 2.39. The summed E-state index contributed by atoms with van der Waals surface area (Å²) in [6, 6.07) is 6.98. The molecule has 0 saturated carbocycles. The van der Waals surface area contributed by atoms with Crippen molar-refractivity contribution in [2.75, 3.05) is 5.32 Å².